The van der Waals surface area contributed by atoms with Gasteiger partial charge in [0, 0.05) is 6.08 Å². The summed E-state index contributed by atoms with van der Waals surface area (Å²) in [5.41, 5.74) is 0. The molecule has 2 aliphatic carbocycles. The van der Waals surface area contributed by atoms with Gasteiger partial charge in [-0.1, -0.05) is 38.7 Å². The van der Waals surface area contributed by atoms with Crippen LogP contribution in [-0.2, 0) is 9.53 Å². The average Bonchev–Trinajstić information content (AvgIpc) is 2.62. The lowest BCUT2D eigenvalue weighted by atomic mass is 9.81. The van der Waals surface area contributed by atoms with Crippen LogP contribution in [0.15, 0.2) is 12.2 Å². The van der Waals surface area contributed by atoms with Crippen LogP contribution in [0.1, 0.15) is 84.0 Å². The number of carbonyl (C=O) groups excluding carboxylic acids is 1. The highest BCUT2D eigenvalue weighted by Gasteiger charge is 2.30. The molecule has 0 radical (unpaired) electrons. The second-order valence-electron chi connectivity index (χ2n) is 7.68. The van der Waals surface area contributed by atoms with Crippen molar-refractivity contribution in [3.05, 3.63) is 12.2 Å². The molecule has 3 heteroatoms. The predicted octanol–water partition coefficient (Wildman–Crippen LogP) is 5.55. The molecule has 0 atom stereocenters. The summed E-state index contributed by atoms with van der Waals surface area (Å²) in [6.07, 6.45) is 17.5. The van der Waals surface area contributed by atoms with Gasteiger partial charge >= 0.3 is 5.97 Å². The fraction of sp³-hybridized carbons (Fsp3) is 0.810. The number of carbonyl (C=O) groups is 1. The summed E-state index contributed by atoms with van der Waals surface area (Å²) in [6.45, 7) is 2.25. The summed E-state index contributed by atoms with van der Waals surface area (Å²) in [5, 5.41) is 8.59. The van der Waals surface area contributed by atoms with Gasteiger partial charge in [-0.3, -0.25) is 4.79 Å². The maximum Gasteiger partial charge on any atom is 0.309 e. The SMILES string of the molecule is CCCCC[C@H]1CC[C@H](OC(=O)[C@H]2CC[C@H](C=CC#N)CC2)CC1. The number of nitriles is 1. The Kier molecular flexibility index (Phi) is 8.36. The lowest BCUT2D eigenvalue weighted by Crippen LogP contribution is -2.30. The fourth-order valence-electron chi connectivity index (χ4n) is 4.21. The summed E-state index contributed by atoms with van der Waals surface area (Å²) >= 11 is 0. The third-order valence-electron chi connectivity index (χ3n) is 5.84. The van der Waals surface area contributed by atoms with Crippen LogP contribution in [0, 0.1) is 29.1 Å². The molecule has 0 aromatic carbocycles. The molecule has 2 saturated carbocycles. The molecule has 0 spiro atoms. The Morgan fingerprint density at radius 1 is 1.08 bits per heavy atom. The molecule has 2 rings (SSSR count). The molecule has 134 valence electrons. The van der Waals surface area contributed by atoms with Crippen molar-refractivity contribution in [1.82, 2.24) is 0 Å². The molecule has 0 N–H and O–H groups in total. The zero-order valence-electron chi connectivity index (χ0n) is 15.2. The van der Waals surface area contributed by atoms with Gasteiger partial charge in [-0.25, -0.2) is 0 Å². The number of unbranched alkanes of at least 4 members (excludes halogenated alkanes) is 2. The van der Waals surface area contributed by atoms with Gasteiger partial charge in [0.15, 0.2) is 0 Å². The molecule has 0 aliphatic heterocycles. The second kappa shape index (κ2) is 10.5. The third kappa shape index (κ3) is 6.30. The van der Waals surface area contributed by atoms with Crippen LogP contribution in [0.25, 0.3) is 0 Å². The van der Waals surface area contributed by atoms with E-state index < -0.39 is 0 Å². The summed E-state index contributed by atoms with van der Waals surface area (Å²) < 4.78 is 5.81. The molecule has 3 nitrogen and oxygen atoms in total. The first-order valence-corrected chi connectivity index (χ1v) is 9.99. The van der Waals surface area contributed by atoms with Gasteiger partial charge in [0.05, 0.1) is 12.0 Å². The third-order valence-corrected chi connectivity index (χ3v) is 5.84. The smallest absolute Gasteiger partial charge is 0.309 e. The van der Waals surface area contributed by atoms with Crippen molar-refractivity contribution >= 4 is 5.97 Å². The zero-order valence-corrected chi connectivity index (χ0v) is 15.2. The van der Waals surface area contributed by atoms with Crippen LogP contribution in [0.2, 0.25) is 0 Å². The lowest BCUT2D eigenvalue weighted by Gasteiger charge is -2.31. The van der Waals surface area contributed by atoms with Gasteiger partial charge in [0.2, 0.25) is 0 Å². The van der Waals surface area contributed by atoms with E-state index in [4.69, 9.17) is 10.00 Å². The van der Waals surface area contributed by atoms with E-state index in [0.29, 0.717) is 5.92 Å². The lowest BCUT2D eigenvalue weighted by molar-refractivity contribution is -0.157. The highest BCUT2D eigenvalue weighted by Crippen LogP contribution is 2.33. The molecular weight excluding hydrogens is 298 g/mol. The molecule has 0 aromatic heterocycles. The number of ether oxygens (including phenoxy) is 1. The molecule has 0 saturated heterocycles. The molecular formula is C21H33NO2. The minimum absolute atomic E-state index is 0.0344. The van der Waals surface area contributed by atoms with E-state index in [9.17, 15) is 4.79 Å². The van der Waals surface area contributed by atoms with E-state index in [1.54, 1.807) is 6.08 Å². The monoisotopic (exact) mass is 331 g/mol. The molecule has 2 aliphatic rings. The van der Waals surface area contributed by atoms with Crippen molar-refractivity contribution in [2.75, 3.05) is 0 Å². The number of hydrogen-bond acceptors (Lipinski definition) is 3. The first-order chi connectivity index (χ1) is 11.7. The summed E-state index contributed by atoms with van der Waals surface area (Å²) in [7, 11) is 0. The average molecular weight is 332 g/mol. The van der Waals surface area contributed by atoms with Crippen molar-refractivity contribution in [2.24, 2.45) is 17.8 Å². The minimum atomic E-state index is 0.0344. The number of hydrogen-bond donors (Lipinski definition) is 0. The van der Waals surface area contributed by atoms with Crippen molar-refractivity contribution in [1.29, 1.82) is 5.26 Å². The Labute approximate surface area is 147 Å². The van der Waals surface area contributed by atoms with Crippen LogP contribution in [0.3, 0.4) is 0 Å². The first kappa shape index (κ1) is 19.0. The molecule has 2 fully saturated rings. The Morgan fingerprint density at radius 3 is 2.42 bits per heavy atom. The largest absolute Gasteiger partial charge is 0.462 e. The highest BCUT2D eigenvalue weighted by atomic mass is 16.5. The number of esters is 1. The quantitative estimate of drug-likeness (QED) is 0.349. The topological polar surface area (TPSA) is 50.1 Å². The normalized spacial score (nSPS) is 30.8. The molecule has 0 heterocycles. The number of rotatable bonds is 7. The molecule has 24 heavy (non-hydrogen) atoms. The van der Waals surface area contributed by atoms with E-state index in [1.807, 2.05) is 6.08 Å². The fourth-order valence-corrected chi connectivity index (χ4v) is 4.21. The Balaban J connectivity index is 1.64. The van der Waals surface area contributed by atoms with E-state index in [1.165, 1.54) is 38.5 Å². The standard InChI is InChI=1S/C21H33NO2/c1-2-3-4-6-17-10-14-20(15-11-17)24-21(23)19-12-8-18(9-13-19)7-5-16-22/h5,7,17-20H,2-4,6,8-15H2,1H3/t17-,18-,19-,20-. The van der Waals surface area contributed by atoms with Crippen LogP contribution in [0.5, 0.6) is 0 Å². The van der Waals surface area contributed by atoms with Crippen molar-refractivity contribution in [3.8, 4) is 6.07 Å². The van der Waals surface area contributed by atoms with Gasteiger partial charge in [-0.15, -0.1) is 0 Å². The number of nitrogens with zero attached hydrogens (tertiary/aromatic N) is 1. The minimum Gasteiger partial charge on any atom is -0.462 e. The van der Waals surface area contributed by atoms with Gasteiger partial charge in [0.1, 0.15) is 6.10 Å². The zero-order chi connectivity index (χ0) is 17.2. The van der Waals surface area contributed by atoms with Gasteiger partial charge in [-0.2, -0.15) is 5.26 Å². The van der Waals surface area contributed by atoms with Crippen molar-refractivity contribution < 1.29 is 9.53 Å². The summed E-state index contributed by atoms with van der Waals surface area (Å²) in [4.78, 5) is 12.4. The van der Waals surface area contributed by atoms with Crippen molar-refractivity contribution in [2.45, 2.75) is 90.1 Å². The molecule has 0 bridgehead atoms. The van der Waals surface area contributed by atoms with Gasteiger partial charge < -0.3 is 4.74 Å². The molecule has 0 aromatic rings. The predicted molar refractivity (Wildman–Crippen MR) is 96.2 cm³/mol. The van der Waals surface area contributed by atoms with E-state index >= 15 is 0 Å². The molecule has 0 unspecified atom stereocenters. The maximum atomic E-state index is 12.4. The van der Waals surface area contributed by atoms with E-state index in [-0.39, 0.29) is 18.0 Å². The van der Waals surface area contributed by atoms with Crippen LogP contribution in [0.4, 0.5) is 0 Å². The van der Waals surface area contributed by atoms with E-state index in [0.717, 1.165) is 44.4 Å². The summed E-state index contributed by atoms with van der Waals surface area (Å²) in [5.74, 6) is 1.44. The van der Waals surface area contributed by atoms with Crippen LogP contribution >= 0.6 is 0 Å². The Morgan fingerprint density at radius 2 is 1.79 bits per heavy atom. The van der Waals surface area contributed by atoms with Crippen LogP contribution in [-0.4, -0.2) is 12.1 Å². The second-order valence-corrected chi connectivity index (χ2v) is 7.68. The van der Waals surface area contributed by atoms with Gasteiger partial charge in [-0.05, 0) is 63.2 Å². The van der Waals surface area contributed by atoms with Crippen molar-refractivity contribution in [3.63, 3.8) is 0 Å². The Hall–Kier alpha value is -1.30. The maximum absolute atomic E-state index is 12.4. The summed E-state index contributed by atoms with van der Waals surface area (Å²) in [6, 6.07) is 2.05. The van der Waals surface area contributed by atoms with Crippen LogP contribution < -0.4 is 0 Å². The van der Waals surface area contributed by atoms with E-state index in [2.05, 4.69) is 13.0 Å². The molecule has 0 amide bonds. The number of allylic oxidation sites excluding steroid dienone is 2. The highest BCUT2D eigenvalue weighted by molar-refractivity contribution is 5.72. The van der Waals surface area contributed by atoms with Gasteiger partial charge in [0.25, 0.3) is 0 Å². The first-order valence-electron chi connectivity index (χ1n) is 9.99. The Bertz CT molecular complexity index is 435.